The van der Waals surface area contributed by atoms with Crippen LogP contribution in [0, 0.1) is 6.92 Å². The molecule has 0 spiro atoms. The summed E-state index contributed by atoms with van der Waals surface area (Å²) in [4.78, 5) is 29.8. The van der Waals surface area contributed by atoms with Gasteiger partial charge in [-0.05, 0) is 51.0 Å². The molecule has 0 saturated carbocycles. The maximum absolute atomic E-state index is 13.2. The van der Waals surface area contributed by atoms with Crippen molar-refractivity contribution in [2.45, 2.75) is 26.7 Å². The third-order valence-corrected chi connectivity index (χ3v) is 5.11. The van der Waals surface area contributed by atoms with Crippen molar-refractivity contribution < 1.29 is 9.53 Å². The molecule has 7 nitrogen and oxygen atoms in total. The minimum absolute atomic E-state index is 0.0329. The smallest absolute Gasteiger partial charge is 0.325 e. The van der Waals surface area contributed by atoms with Crippen LogP contribution in [0.4, 0.5) is 11.5 Å². The number of fused-ring (bicyclic) bond motifs is 1. The first kappa shape index (κ1) is 21.4. The van der Waals surface area contributed by atoms with Crippen molar-refractivity contribution in [2.75, 3.05) is 23.8 Å². The van der Waals surface area contributed by atoms with E-state index in [4.69, 9.17) is 9.72 Å². The first-order chi connectivity index (χ1) is 15.6. The lowest BCUT2D eigenvalue weighted by atomic mass is 10.1. The Morgan fingerprint density at radius 3 is 2.72 bits per heavy atom. The summed E-state index contributed by atoms with van der Waals surface area (Å²) in [5.41, 5.74) is 3.41. The van der Waals surface area contributed by atoms with Crippen molar-refractivity contribution in [3.8, 4) is 5.69 Å². The van der Waals surface area contributed by atoms with Gasteiger partial charge < -0.3 is 15.4 Å². The Kier molecular flexibility index (Phi) is 6.35. The van der Waals surface area contributed by atoms with Crippen LogP contribution in [0.2, 0.25) is 0 Å². The van der Waals surface area contributed by atoms with Crippen molar-refractivity contribution >= 4 is 28.5 Å². The molecule has 1 aromatic carbocycles. The van der Waals surface area contributed by atoms with E-state index in [9.17, 15) is 9.59 Å². The zero-order valence-electron chi connectivity index (χ0n) is 18.2. The van der Waals surface area contributed by atoms with Crippen molar-refractivity contribution in [3.63, 3.8) is 0 Å². The Morgan fingerprint density at radius 1 is 1.19 bits per heavy atom. The molecule has 3 aromatic rings. The molecule has 0 atom stereocenters. The van der Waals surface area contributed by atoms with Crippen LogP contribution in [0.3, 0.4) is 0 Å². The van der Waals surface area contributed by atoms with E-state index in [0.717, 1.165) is 29.9 Å². The van der Waals surface area contributed by atoms with Gasteiger partial charge in [0, 0.05) is 23.1 Å². The van der Waals surface area contributed by atoms with Gasteiger partial charge in [0.05, 0.1) is 17.7 Å². The molecule has 1 aliphatic carbocycles. The molecule has 0 fully saturated rings. The second-order valence-corrected chi connectivity index (χ2v) is 7.50. The zero-order valence-corrected chi connectivity index (χ0v) is 18.2. The Hall–Kier alpha value is -3.87. The molecule has 2 heterocycles. The van der Waals surface area contributed by atoms with Gasteiger partial charge in [-0.25, -0.2) is 4.98 Å². The quantitative estimate of drug-likeness (QED) is 0.543. The fourth-order valence-electron chi connectivity index (χ4n) is 3.74. The number of carbonyl (C=O) groups is 1. The highest BCUT2D eigenvalue weighted by atomic mass is 16.5. The molecule has 0 bridgehead atoms. The molecule has 1 aliphatic rings. The maximum atomic E-state index is 13.2. The summed E-state index contributed by atoms with van der Waals surface area (Å²) < 4.78 is 6.94. The number of ether oxygens (including phenoxy) is 1. The van der Waals surface area contributed by atoms with Gasteiger partial charge in [-0.3, -0.25) is 14.2 Å². The van der Waals surface area contributed by atoms with Crippen molar-refractivity contribution in [2.24, 2.45) is 0 Å². The van der Waals surface area contributed by atoms with E-state index in [0.29, 0.717) is 29.1 Å². The van der Waals surface area contributed by atoms with E-state index in [1.165, 1.54) is 0 Å². The standard InChI is InChI=1S/C25H26N4O3/c1-3-32-23(31)16-26-20-14-17(2)27-25-24(20)21(30)15-22(28-18-10-6-4-7-11-18)29(25)19-12-8-5-9-13-19/h5-6,8-15,28H,3-4,7,16H2,1-2H3,(H,26,27). The molecular weight excluding hydrogens is 404 g/mol. The zero-order chi connectivity index (χ0) is 22.5. The molecule has 2 aromatic heterocycles. The maximum Gasteiger partial charge on any atom is 0.325 e. The highest BCUT2D eigenvalue weighted by molar-refractivity contribution is 5.93. The van der Waals surface area contributed by atoms with Crippen molar-refractivity contribution in [3.05, 3.63) is 82.3 Å². The molecule has 0 saturated heterocycles. The summed E-state index contributed by atoms with van der Waals surface area (Å²) in [6.07, 6.45) is 8.18. The summed E-state index contributed by atoms with van der Waals surface area (Å²) in [7, 11) is 0. The number of para-hydroxylation sites is 1. The van der Waals surface area contributed by atoms with Gasteiger partial charge in [0.1, 0.15) is 12.4 Å². The van der Waals surface area contributed by atoms with E-state index in [-0.39, 0.29) is 17.9 Å². The first-order valence-electron chi connectivity index (χ1n) is 10.7. The Labute approximate surface area is 186 Å². The number of hydrogen-bond acceptors (Lipinski definition) is 6. The number of esters is 1. The highest BCUT2D eigenvalue weighted by Crippen LogP contribution is 2.27. The molecule has 0 radical (unpaired) electrons. The van der Waals surface area contributed by atoms with Gasteiger partial charge in [0.2, 0.25) is 0 Å². The van der Waals surface area contributed by atoms with E-state index >= 15 is 0 Å². The monoisotopic (exact) mass is 430 g/mol. The van der Waals surface area contributed by atoms with Crippen LogP contribution < -0.4 is 16.1 Å². The Morgan fingerprint density at radius 2 is 2.00 bits per heavy atom. The summed E-state index contributed by atoms with van der Waals surface area (Å²) in [6.45, 7) is 3.89. The number of hydrogen-bond donors (Lipinski definition) is 2. The largest absolute Gasteiger partial charge is 0.465 e. The average Bonchev–Trinajstić information content (AvgIpc) is 2.79. The molecule has 7 heteroatoms. The van der Waals surface area contributed by atoms with Gasteiger partial charge in [0.15, 0.2) is 11.1 Å². The van der Waals surface area contributed by atoms with E-state index < -0.39 is 0 Å². The molecular formula is C25H26N4O3. The van der Waals surface area contributed by atoms with Gasteiger partial charge >= 0.3 is 5.97 Å². The third kappa shape index (κ3) is 4.56. The molecule has 2 N–H and O–H groups in total. The number of anilines is 2. The Balaban J connectivity index is 1.90. The summed E-state index contributed by atoms with van der Waals surface area (Å²) >= 11 is 0. The summed E-state index contributed by atoms with van der Waals surface area (Å²) in [6, 6.07) is 13.1. The number of carbonyl (C=O) groups excluding carboxylic acids is 1. The summed E-state index contributed by atoms with van der Waals surface area (Å²) in [5, 5.41) is 6.87. The van der Waals surface area contributed by atoms with Crippen LogP contribution >= 0.6 is 0 Å². The lowest BCUT2D eigenvalue weighted by molar-refractivity contribution is -0.140. The fourth-order valence-corrected chi connectivity index (χ4v) is 3.74. The molecule has 0 amide bonds. The normalized spacial score (nSPS) is 13.0. The van der Waals surface area contributed by atoms with Crippen LogP contribution in [0.15, 0.2) is 71.2 Å². The average molecular weight is 431 g/mol. The van der Waals surface area contributed by atoms with Crippen LogP contribution in [0.1, 0.15) is 25.5 Å². The lowest BCUT2D eigenvalue weighted by Gasteiger charge is -2.20. The SMILES string of the molecule is CCOC(=O)CNc1cc(C)nc2c1c(=O)cc(NC1=CCCC=C1)n2-c1ccccc1. The topological polar surface area (TPSA) is 85.2 Å². The number of allylic oxidation sites excluding steroid dienone is 3. The minimum atomic E-state index is -0.382. The highest BCUT2D eigenvalue weighted by Gasteiger charge is 2.17. The van der Waals surface area contributed by atoms with Crippen LogP contribution in [-0.2, 0) is 9.53 Å². The van der Waals surface area contributed by atoms with Crippen molar-refractivity contribution in [1.82, 2.24) is 9.55 Å². The number of nitrogens with zero attached hydrogens (tertiary/aromatic N) is 2. The second kappa shape index (κ2) is 9.51. The number of pyridine rings is 2. The number of benzene rings is 1. The second-order valence-electron chi connectivity index (χ2n) is 7.50. The van der Waals surface area contributed by atoms with Crippen LogP contribution in [-0.4, -0.2) is 28.7 Å². The third-order valence-electron chi connectivity index (χ3n) is 5.11. The van der Waals surface area contributed by atoms with Gasteiger partial charge in [0.25, 0.3) is 0 Å². The number of aryl methyl sites for hydroxylation is 1. The van der Waals surface area contributed by atoms with Crippen LogP contribution in [0.25, 0.3) is 16.7 Å². The number of aromatic nitrogens is 2. The van der Waals surface area contributed by atoms with Crippen LogP contribution in [0.5, 0.6) is 0 Å². The fraction of sp³-hybridized carbons (Fsp3) is 0.240. The predicted octanol–water partition coefficient (Wildman–Crippen LogP) is 4.31. The van der Waals surface area contributed by atoms with E-state index in [1.807, 2.05) is 47.9 Å². The Bertz CT molecular complexity index is 1260. The summed E-state index contributed by atoms with van der Waals surface area (Å²) in [5.74, 6) is 0.244. The van der Waals surface area contributed by atoms with Gasteiger partial charge in [-0.15, -0.1) is 0 Å². The number of rotatable bonds is 7. The predicted molar refractivity (Wildman–Crippen MR) is 127 cm³/mol. The lowest BCUT2D eigenvalue weighted by Crippen LogP contribution is -2.20. The molecule has 164 valence electrons. The van der Waals surface area contributed by atoms with Gasteiger partial charge in [-0.1, -0.05) is 30.4 Å². The molecule has 4 rings (SSSR count). The van der Waals surface area contributed by atoms with E-state index in [2.05, 4.69) is 22.8 Å². The molecule has 0 aliphatic heterocycles. The molecule has 32 heavy (non-hydrogen) atoms. The van der Waals surface area contributed by atoms with Crippen molar-refractivity contribution in [1.29, 1.82) is 0 Å². The first-order valence-corrected chi connectivity index (χ1v) is 10.7. The minimum Gasteiger partial charge on any atom is -0.465 e. The molecule has 0 unspecified atom stereocenters. The number of nitrogens with one attached hydrogen (secondary N) is 2. The van der Waals surface area contributed by atoms with E-state index in [1.54, 1.807) is 19.1 Å². The van der Waals surface area contributed by atoms with Gasteiger partial charge in [-0.2, -0.15) is 0 Å².